The zero-order valence-corrected chi connectivity index (χ0v) is 21.6. The van der Waals surface area contributed by atoms with Crippen molar-refractivity contribution in [3.05, 3.63) is 106 Å². The lowest BCUT2D eigenvalue weighted by atomic mass is 9.95. The number of thioether (sulfide) groups is 1. The number of hydrogen-bond donors (Lipinski definition) is 2. The molecule has 0 unspecified atom stereocenters. The average molecular weight is 536 g/mol. The van der Waals surface area contributed by atoms with Gasteiger partial charge in [0.15, 0.2) is 0 Å². The number of allylic oxidation sites excluding steroid dienone is 1. The first-order valence-corrected chi connectivity index (χ1v) is 12.8. The number of halogens is 2. The van der Waals surface area contributed by atoms with Crippen LogP contribution >= 0.6 is 23.4 Å². The zero-order valence-electron chi connectivity index (χ0n) is 20.0. The highest BCUT2D eigenvalue weighted by molar-refractivity contribution is 7.98. The van der Waals surface area contributed by atoms with Crippen molar-refractivity contribution in [2.75, 3.05) is 17.7 Å². The van der Waals surface area contributed by atoms with E-state index in [9.17, 15) is 9.18 Å². The Kier molecular flexibility index (Phi) is 7.16. The maximum absolute atomic E-state index is 13.8. The predicted molar refractivity (Wildman–Crippen MR) is 144 cm³/mol. The number of methoxy groups -OCH3 is 1. The van der Waals surface area contributed by atoms with Crippen LogP contribution < -0.4 is 15.4 Å². The predicted octanol–water partition coefficient (Wildman–Crippen LogP) is 6.30. The summed E-state index contributed by atoms with van der Waals surface area (Å²) in [5.74, 6) is 1.18. The van der Waals surface area contributed by atoms with Crippen LogP contribution in [0.5, 0.6) is 5.75 Å². The fourth-order valence-electron chi connectivity index (χ4n) is 4.04. The number of benzene rings is 3. The lowest BCUT2D eigenvalue weighted by Crippen LogP contribution is -2.31. The molecule has 188 valence electrons. The Morgan fingerprint density at radius 2 is 1.81 bits per heavy atom. The minimum atomic E-state index is -0.604. The van der Waals surface area contributed by atoms with Crippen molar-refractivity contribution in [2.45, 2.75) is 23.9 Å². The third kappa shape index (κ3) is 5.47. The van der Waals surface area contributed by atoms with Crippen molar-refractivity contribution in [1.29, 1.82) is 0 Å². The number of hydrogen-bond acceptors (Lipinski definition) is 6. The quantitative estimate of drug-likeness (QED) is 0.270. The number of ether oxygens (including phenoxy) is 1. The number of amides is 1. The van der Waals surface area contributed by atoms with Crippen LogP contribution in [-0.4, -0.2) is 27.8 Å². The van der Waals surface area contributed by atoms with Crippen LogP contribution in [0.15, 0.2) is 89.2 Å². The number of fused-ring (bicyclic) bond motifs is 1. The van der Waals surface area contributed by atoms with E-state index in [1.54, 1.807) is 48.2 Å². The van der Waals surface area contributed by atoms with Crippen molar-refractivity contribution in [1.82, 2.24) is 14.8 Å². The molecular formula is C27H23ClFN5O2S. The van der Waals surface area contributed by atoms with Crippen LogP contribution in [0.1, 0.15) is 24.1 Å². The Balaban J connectivity index is 1.46. The Labute approximate surface area is 222 Å². The van der Waals surface area contributed by atoms with E-state index in [4.69, 9.17) is 21.4 Å². The smallest absolute Gasteiger partial charge is 0.255 e. The second-order valence-electron chi connectivity index (χ2n) is 8.38. The first-order valence-electron chi connectivity index (χ1n) is 11.4. The fraction of sp³-hybridized carbons (Fsp3) is 0.148. The molecule has 1 atom stereocenters. The van der Waals surface area contributed by atoms with Crippen LogP contribution in [0.2, 0.25) is 5.02 Å². The Morgan fingerprint density at radius 3 is 2.49 bits per heavy atom. The summed E-state index contributed by atoms with van der Waals surface area (Å²) < 4.78 is 20.6. The summed E-state index contributed by atoms with van der Waals surface area (Å²) in [6.07, 6.45) is 0. The van der Waals surface area contributed by atoms with Gasteiger partial charge in [0, 0.05) is 22.2 Å². The lowest BCUT2D eigenvalue weighted by molar-refractivity contribution is -0.113. The highest BCUT2D eigenvalue weighted by Gasteiger charge is 2.34. The van der Waals surface area contributed by atoms with Crippen LogP contribution in [0.25, 0.3) is 0 Å². The van der Waals surface area contributed by atoms with Gasteiger partial charge in [-0.15, -0.1) is 5.10 Å². The fourth-order valence-corrected chi connectivity index (χ4v) is 4.95. The van der Waals surface area contributed by atoms with Gasteiger partial charge in [0.25, 0.3) is 5.91 Å². The molecule has 1 aliphatic rings. The molecule has 7 nitrogen and oxygen atoms in total. The summed E-state index contributed by atoms with van der Waals surface area (Å²) in [5.41, 5.74) is 3.50. The Morgan fingerprint density at radius 1 is 1.11 bits per heavy atom. The molecule has 0 spiro atoms. The van der Waals surface area contributed by atoms with Gasteiger partial charge in [-0.05, 0) is 66.6 Å². The van der Waals surface area contributed by atoms with Crippen molar-refractivity contribution in [3.8, 4) is 5.75 Å². The molecule has 37 heavy (non-hydrogen) atoms. The van der Waals surface area contributed by atoms with E-state index in [-0.39, 0.29) is 11.7 Å². The van der Waals surface area contributed by atoms with Crippen molar-refractivity contribution < 1.29 is 13.9 Å². The molecule has 4 aromatic rings. The average Bonchev–Trinajstić information content (AvgIpc) is 3.31. The number of rotatable bonds is 7. The standard InChI is InChI=1S/C27H23ClFN5O2S/c1-16-23(25(35)31-21-11-13-22(36-2)14-12-21)24(18-5-9-20(29)10-6-18)34-26(30-16)32-27(33-34)37-15-17-3-7-19(28)8-4-17/h3-14,24H,15H2,1-2H3,(H,31,35)(H,30,32,33)/t24-/m1/s1. The zero-order chi connectivity index (χ0) is 25.9. The SMILES string of the molecule is COc1ccc(NC(=O)C2=C(C)Nc3nc(SCc4ccc(Cl)cc4)nn3[C@@H]2c2ccc(F)cc2)cc1. The van der Waals surface area contributed by atoms with Crippen LogP contribution in [0.3, 0.4) is 0 Å². The first kappa shape index (κ1) is 24.9. The molecule has 1 amide bonds. The molecule has 0 saturated heterocycles. The van der Waals surface area contributed by atoms with E-state index in [0.717, 1.165) is 5.56 Å². The summed E-state index contributed by atoms with van der Waals surface area (Å²) in [6.45, 7) is 1.82. The molecule has 0 aliphatic carbocycles. The normalized spacial score (nSPS) is 14.6. The molecule has 10 heteroatoms. The van der Waals surface area contributed by atoms with Crippen molar-refractivity contribution in [2.24, 2.45) is 0 Å². The molecule has 0 fully saturated rings. The largest absolute Gasteiger partial charge is 0.497 e. The molecule has 5 rings (SSSR count). The molecule has 2 N–H and O–H groups in total. The van der Waals surface area contributed by atoms with Gasteiger partial charge < -0.3 is 15.4 Å². The van der Waals surface area contributed by atoms with E-state index >= 15 is 0 Å². The van der Waals surface area contributed by atoms with E-state index in [1.165, 1.54) is 23.9 Å². The number of anilines is 2. The molecule has 1 aromatic heterocycles. The second kappa shape index (κ2) is 10.7. The number of aromatic nitrogens is 3. The number of carbonyl (C=O) groups is 1. The maximum atomic E-state index is 13.8. The molecule has 0 bridgehead atoms. The summed E-state index contributed by atoms with van der Waals surface area (Å²) in [4.78, 5) is 18.2. The molecule has 0 saturated carbocycles. The van der Waals surface area contributed by atoms with E-state index in [2.05, 4.69) is 15.6 Å². The van der Waals surface area contributed by atoms with Crippen LogP contribution in [0.4, 0.5) is 16.0 Å². The second-order valence-corrected chi connectivity index (χ2v) is 9.76. The minimum Gasteiger partial charge on any atom is -0.497 e. The molecule has 1 aliphatic heterocycles. The number of carbonyl (C=O) groups excluding carboxylic acids is 1. The molecular weight excluding hydrogens is 513 g/mol. The topological polar surface area (TPSA) is 81.1 Å². The van der Waals surface area contributed by atoms with Gasteiger partial charge in [0.05, 0.1) is 12.7 Å². The van der Waals surface area contributed by atoms with Gasteiger partial charge in [-0.1, -0.05) is 47.6 Å². The van der Waals surface area contributed by atoms with E-state index in [0.29, 0.717) is 50.2 Å². The van der Waals surface area contributed by atoms with Crippen LogP contribution in [-0.2, 0) is 10.5 Å². The Hall–Kier alpha value is -3.82. The van der Waals surface area contributed by atoms with Gasteiger partial charge in [0.2, 0.25) is 11.1 Å². The number of nitrogens with zero attached hydrogens (tertiary/aromatic N) is 3. The maximum Gasteiger partial charge on any atom is 0.255 e. The summed E-state index contributed by atoms with van der Waals surface area (Å²) in [5, 5.41) is 12.1. The third-order valence-electron chi connectivity index (χ3n) is 5.89. The minimum absolute atomic E-state index is 0.305. The Bertz CT molecular complexity index is 1450. The number of nitrogens with one attached hydrogen (secondary N) is 2. The van der Waals surface area contributed by atoms with Gasteiger partial charge in [-0.3, -0.25) is 4.79 Å². The van der Waals surface area contributed by atoms with Crippen molar-refractivity contribution >= 4 is 40.9 Å². The molecule has 3 aromatic carbocycles. The summed E-state index contributed by atoms with van der Waals surface area (Å²) >= 11 is 7.46. The van der Waals surface area contributed by atoms with Gasteiger partial charge in [-0.2, -0.15) is 4.98 Å². The van der Waals surface area contributed by atoms with Crippen molar-refractivity contribution in [3.63, 3.8) is 0 Å². The monoisotopic (exact) mass is 535 g/mol. The summed E-state index contributed by atoms with van der Waals surface area (Å²) in [7, 11) is 1.58. The van der Waals surface area contributed by atoms with Gasteiger partial charge in [0.1, 0.15) is 17.6 Å². The van der Waals surface area contributed by atoms with E-state index in [1.807, 2.05) is 31.2 Å². The first-order chi connectivity index (χ1) is 17.9. The third-order valence-corrected chi connectivity index (χ3v) is 7.05. The van der Waals surface area contributed by atoms with Gasteiger partial charge in [-0.25, -0.2) is 9.07 Å². The van der Waals surface area contributed by atoms with E-state index < -0.39 is 6.04 Å². The highest BCUT2D eigenvalue weighted by Crippen LogP contribution is 2.37. The summed E-state index contributed by atoms with van der Waals surface area (Å²) in [6, 6.07) is 20.1. The van der Waals surface area contributed by atoms with Gasteiger partial charge >= 0.3 is 0 Å². The highest BCUT2D eigenvalue weighted by atomic mass is 35.5. The van der Waals surface area contributed by atoms with Crippen LogP contribution in [0, 0.1) is 5.82 Å². The molecule has 0 radical (unpaired) electrons. The molecule has 2 heterocycles. The lowest BCUT2D eigenvalue weighted by Gasteiger charge is -2.28.